The van der Waals surface area contributed by atoms with E-state index in [1.807, 2.05) is 6.07 Å². The molecule has 0 aliphatic carbocycles. The monoisotopic (exact) mass is 508 g/mol. The molecule has 0 radical (unpaired) electrons. The molecule has 0 amide bonds. The van der Waals surface area contributed by atoms with Crippen molar-refractivity contribution < 1.29 is 27.1 Å². The van der Waals surface area contributed by atoms with E-state index in [1.54, 1.807) is 32.0 Å². The molecule has 4 aromatic rings. The quantitative estimate of drug-likeness (QED) is 0.273. The summed E-state index contributed by atoms with van der Waals surface area (Å²) in [7, 11) is 0. The summed E-state index contributed by atoms with van der Waals surface area (Å²) < 4.78 is 57.6. The van der Waals surface area contributed by atoms with Gasteiger partial charge in [-0.2, -0.15) is 13.2 Å². The molecular formula is C25H17Cl2F3O4. The minimum atomic E-state index is -4.96. The Kier molecular flexibility index (Phi) is 6.51. The standard InChI is InChI=1S/C25H17Cl2F3O4/c1-13-7-14(2)9-18(8-13)33-23-22(31)19-6-5-17(11-21(19)34-24(23)25(28,29)30)32-12-15-3-4-16(26)10-20(15)27/h3-11H,12H2,1-2H3. The van der Waals surface area contributed by atoms with Gasteiger partial charge in [-0.3, -0.25) is 4.79 Å². The lowest BCUT2D eigenvalue weighted by molar-refractivity contribution is -0.154. The zero-order valence-electron chi connectivity index (χ0n) is 17.9. The number of hydrogen-bond acceptors (Lipinski definition) is 4. The van der Waals surface area contributed by atoms with Gasteiger partial charge >= 0.3 is 6.18 Å². The molecule has 0 N–H and O–H groups in total. The summed E-state index contributed by atoms with van der Waals surface area (Å²) in [6.45, 7) is 3.57. The van der Waals surface area contributed by atoms with E-state index >= 15 is 0 Å². The van der Waals surface area contributed by atoms with Crippen LogP contribution < -0.4 is 14.9 Å². The molecule has 9 heteroatoms. The Balaban J connectivity index is 1.73. The van der Waals surface area contributed by atoms with Gasteiger partial charge in [0.15, 0.2) is 0 Å². The van der Waals surface area contributed by atoms with Gasteiger partial charge in [0.25, 0.3) is 5.76 Å². The van der Waals surface area contributed by atoms with E-state index in [2.05, 4.69) is 0 Å². The van der Waals surface area contributed by atoms with Crippen molar-refractivity contribution in [3.05, 3.63) is 97.3 Å². The minimum absolute atomic E-state index is 0.0335. The maximum atomic E-state index is 13.8. The summed E-state index contributed by atoms with van der Waals surface area (Å²) >= 11 is 12.0. The van der Waals surface area contributed by atoms with Crippen LogP contribution >= 0.6 is 23.2 Å². The van der Waals surface area contributed by atoms with E-state index < -0.39 is 23.1 Å². The first-order chi connectivity index (χ1) is 16.0. The maximum Gasteiger partial charge on any atom is 0.453 e. The second kappa shape index (κ2) is 9.24. The minimum Gasteiger partial charge on any atom is -0.489 e. The van der Waals surface area contributed by atoms with Crippen molar-refractivity contribution in [1.29, 1.82) is 0 Å². The largest absolute Gasteiger partial charge is 0.489 e. The number of alkyl halides is 3. The van der Waals surface area contributed by atoms with Crippen LogP contribution in [-0.4, -0.2) is 0 Å². The predicted octanol–water partition coefficient (Wildman–Crippen LogP) is 8.11. The number of benzene rings is 3. The SMILES string of the molecule is Cc1cc(C)cc(Oc2c(C(F)(F)F)oc3cc(OCc4ccc(Cl)cc4Cl)ccc3c2=O)c1. The van der Waals surface area contributed by atoms with Gasteiger partial charge in [0.05, 0.1) is 5.39 Å². The van der Waals surface area contributed by atoms with Crippen LogP contribution in [0.25, 0.3) is 11.0 Å². The van der Waals surface area contributed by atoms with Gasteiger partial charge in [-0.15, -0.1) is 0 Å². The van der Waals surface area contributed by atoms with Crippen LogP contribution in [0.1, 0.15) is 22.5 Å². The van der Waals surface area contributed by atoms with Crippen molar-refractivity contribution in [3.63, 3.8) is 0 Å². The highest BCUT2D eigenvalue weighted by Crippen LogP contribution is 2.39. The fourth-order valence-electron chi connectivity index (χ4n) is 3.44. The summed E-state index contributed by atoms with van der Waals surface area (Å²) in [5, 5.41) is 0.761. The highest BCUT2D eigenvalue weighted by Gasteiger charge is 2.40. The molecule has 3 aromatic carbocycles. The molecule has 0 bridgehead atoms. The van der Waals surface area contributed by atoms with E-state index in [0.29, 0.717) is 15.6 Å². The summed E-state index contributed by atoms with van der Waals surface area (Å²) in [6, 6.07) is 13.8. The van der Waals surface area contributed by atoms with Crippen LogP contribution in [-0.2, 0) is 12.8 Å². The Hall–Kier alpha value is -3.16. The Labute approximate surface area is 202 Å². The first kappa shape index (κ1) is 24.0. The second-order valence-electron chi connectivity index (χ2n) is 7.70. The summed E-state index contributed by atoms with van der Waals surface area (Å²) in [6.07, 6.45) is -4.96. The summed E-state index contributed by atoms with van der Waals surface area (Å²) in [5.74, 6) is -2.15. The summed E-state index contributed by atoms with van der Waals surface area (Å²) in [5.41, 5.74) is 0.943. The number of halogens is 5. The molecule has 4 rings (SSSR count). The molecule has 0 saturated carbocycles. The Bertz CT molecular complexity index is 1420. The average molecular weight is 509 g/mol. The fourth-order valence-corrected chi connectivity index (χ4v) is 3.90. The van der Waals surface area contributed by atoms with Gasteiger partial charge < -0.3 is 13.9 Å². The fraction of sp³-hybridized carbons (Fsp3) is 0.160. The second-order valence-corrected chi connectivity index (χ2v) is 8.54. The number of hydrogen-bond donors (Lipinski definition) is 0. The molecular weight excluding hydrogens is 492 g/mol. The highest BCUT2D eigenvalue weighted by atomic mass is 35.5. The third kappa shape index (κ3) is 5.16. The Morgan fingerprint density at radius 2 is 1.62 bits per heavy atom. The molecule has 1 heterocycles. The molecule has 0 saturated heterocycles. The highest BCUT2D eigenvalue weighted by molar-refractivity contribution is 6.35. The van der Waals surface area contributed by atoms with E-state index in [-0.39, 0.29) is 29.1 Å². The van der Waals surface area contributed by atoms with Crippen LogP contribution in [0.2, 0.25) is 10.0 Å². The third-order valence-corrected chi connectivity index (χ3v) is 5.49. The van der Waals surface area contributed by atoms with Crippen LogP contribution in [0, 0.1) is 13.8 Å². The van der Waals surface area contributed by atoms with Crippen molar-refractivity contribution in [2.24, 2.45) is 0 Å². The molecule has 0 aliphatic heterocycles. The average Bonchev–Trinajstić information content (AvgIpc) is 2.73. The normalized spacial score (nSPS) is 11.6. The van der Waals surface area contributed by atoms with Crippen molar-refractivity contribution in [2.45, 2.75) is 26.6 Å². The maximum absolute atomic E-state index is 13.8. The lowest BCUT2D eigenvalue weighted by Crippen LogP contribution is -2.15. The zero-order chi connectivity index (χ0) is 24.6. The number of ether oxygens (including phenoxy) is 2. The molecule has 1 aromatic heterocycles. The van der Waals surface area contributed by atoms with Gasteiger partial charge in [0.2, 0.25) is 11.2 Å². The van der Waals surface area contributed by atoms with Crippen LogP contribution in [0.3, 0.4) is 0 Å². The predicted molar refractivity (Wildman–Crippen MR) is 124 cm³/mol. The lowest BCUT2D eigenvalue weighted by Gasteiger charge is -2.14. The zero-order valence-corrected chi connectivity index (χ0v) is 19.4. The first-order valence-electron chi connectivity index (χ1n) is 10.0. The third-order valence-electron chi connectivity index (χ3n) is 4.90. The van der Waals surface area contributed by atoms with Crippen molar-refractivity contribution >= 4 is 34.2 Å². The smallest absolute Gasteiger partial charge is 0.453 e. The van der Waals surface area contributed by atoms with Gasteiger partial charge in [0.1, 0.15) is 23.7 Å². The van der Waals surface area contributed by atoms with Crippen LogP contribution in [0.5, 0.6) is 17.2 Å². The Morgan fingerprint density at radius 1 is 0.912 bits per heavy atom. The molecule has 34 heavy (non-hydrogen) atoms. The van der Waals surface area contributed by atoms with Gasteiger partial charge in [-0.1, -0.05) is 35.3 Å². The van der Waals surface area contributed by atoms with E-state index in [9.17, 15) is 18.0 Å². The van der Waals surface area contributed by atoms with Crippen LogP contribution in [0.4, 0.5) is 13.2 Å². The van der Waals surface area contributed by atoms with E-state index in [4.69, 9.17) is 37.1 Å². The molecule has 0 unspecified atom stereocenters. The molecule has 0 spiro atoms. The molecule has 4 nitrogen and oxygen atoms in total. The van der Waals surface area contributed by atoms with Gasteiger partial charge in [0, 0.05) is 21.7 Å². The molecule has 176 valence electrons. The van der Waals surface area contributed by atoms with Gasteiger partial charge in [-0.05, 0) is 61.4 Å². The Morgan fingerprint density at radius 3 is 2.26 bits per heavy atom. The van der Waals surface area contributed by atoms with E-state index in [1.165, 1.54) is 30.3 Å². The lowest BCUT2D eigenvalue weighted by atomic mass is 10.1. The van der Waals surface area contributed by atoms with Crippen LogP contribution in [0.15, 0.2) is 63.8 Å². The number of aryl methyl sites for hydroxylation is 2. The molecule has 0 atom stereocenters. The topological polar surface area (TPSA) is 48.7 Å². The van der Waals surface area contributed by atoms with Crippen molar-refractivity contribution in [3.8, 4) is 17.2 Å². The molecule has 0 aliphatic rings. The summed E-state index contributed by atoms with van der Waals surface area (Å²) in [4.78, 5) is 13.0. The molecule has 0 fully saturated rings. The number of rotatable bonds is 5. The van der Waals surface area contributed by atoms with E-state index in [0.717, 1.165) is 11.1 Å². The first-order valence-corrected chi connectivity index (χ1v) is 10.8. The number of fused-ring (bicyclic) bond motifs is 1. The van der Waals surface area contributed by atoms with Crippen molar-refractivity contribution in [2.75, 3.05) is 0 Å². The van der Waals surface area contributed by atoms with Crippen molar-refractivity contribution in [1.82, 2.24) is 0 Å². The van der Waals surface area contributed by atoms with Gasteiger partial charge in [-0.25, -0.2) is 0 Å².